The highest BCUT2D eigenvalue weighted by atomic mass is 15.0. The van der Waals surface area contributed by atoms with E-state index in [0.29, 0.717) is 0 Å². The summed E-state index contributed by atoms with van der Waals surface area (Å²) in [5.74, 6) is 0. The van der Waals surface area contributed by atoms with Gasteiger partial charge in [0.2, 0.25) is 0 Å². The fourth-order valence-electron chi connectivity index (χ4n) is 1.98. The predicted molar refractivity (Wildman–Crippen MR) is 70.0 cm³/mol. The molecule has 0 aliphatic carbocycles. The zero-order chi connectivity index (χ0) is 11.7. The number of rotatable bonds is 2. The van der Waals surface area contributed by atoms with Crippen LogP contribution < -0.4 is 0 Å². The van der Waals surface area contributed by atoms with Gasteiger partial charge in [0.1, 0.15) is 5.65 Å². The number of pyridine rings is 1. The Balaban J connectivity index is 2.07. The Morgan fingerprint density at radius 2 is 1.88 bits per heavy atom. The second-order valence-electron chi connectivity index (χ2n) is 4.14. The largest absolute Gasteiger partial charge is 0.306 e. The number of imidazole rings is 1. The Morgan fingerprint density at radius 3 is 2.59 bits per heavy atom. The molecular formula is C15H14N2. The molecule has 0 saturated carbocycles. The van der Waals surface area contributed by atoms with E-state index in [1.54, 1.807) is 0 Å². The van der Waals surface area contributed by atoms with Crippen LogP contribution in [0.5, 0.6) is 0 Å². The Bertz CT molecular complexity index is 602. The van der Waals surface area contributed by atoms with Gasteiger partial charge in [-0.1, -0.05) is 37.3 Å². The smallest absolute Gasteiger partial charge is 0.137 e. The first-order valence-electron chi connectivity index (χ1n) is 5.90. The van der Waals surface area contributed by atoms with E-state index < -0.39 is 0 Å². The number of hydrogen-bond acceptors (Lipinski definition) is 1. The number of aromatic nitrogens is 2. The molecule has 84 valence electrons. The highest BCUT2D eigenvalue weighted by Gasteiger charge is 2.03. The monoisotopic (exact) mass is 222 g/mol. The molecule has 2 aromatic heterocycles. The number of benzene rings is 1. The first kappa shape index (κ1) is 10.1. The van der Waals surface area contributed by atoms with E-state index in [-0.39, 0.29) is 0 Å². The molecule has 0 unspecified atom stereocenters. The minimum absolute atomic E-state index is 0.988. The molecule has 0 N–H and O–H groups in total. The van der Waals surface area contributed by atoms with Crippen molar-refractivity contribution in [3.05, 3.63) is 60.4 Å². The molecule has 2 heteroatoms. The van der Waals surface area contributed by atoms with Gasteiger partial charge in [-0.3, -0.25) is 0 Å². The average molecular weight is 222 g/mol. The molecule has 0 spiro atoms. The minimum atomic E-state index is 0.988. The summed E-state index contributed by atoms with van der Waals surface area (Å²) in [5, 5.41) is 0. The summed E-state index contributed by atoms with van der Waals surface area (Å²) in [5.41, 5.74) is 4.55. The zero-order valence-electron chi connectivity index (χ0n) is 9.80. The summed E-state index contributed by atoms with van der Waals surface area (Å²) >= 11 is 0. The van der Waals surface area contributed by atoms with Gasteiger partial charge in [-0.2, -0.15) is 0 Å². The van der Waals surface area contributed by atoms with Crippen LogP contribution in [0.15, 0.2) is 54.9 Å². The van der Waals surface area contributed by atoms with E-state index in [0.717, 1.165) is 17.8 Å². The highest BCUT2D eigenvalue weighted by molar-refractivity contribution is 5.62. The molecule has 0 radical (unpaired) electrons. The molecule has 17 heavy (non-hydrogen) atoms. The van der Waals surface area contributed by atoms with Gasteiger partial charge in [0.25, 0.3) is 0 Å². The summed E-state index contributed by atoms with van der Waals surface area (Å²) in [6.45, 7) is 2.17. The molecule has 0 amide bonds. The quantitative estimate of drug-likeness (QED) is 0.648. The van der Waals surface area contributed by atoms with Crippen molar-refractivity contribution in [3.63, 3.8) is 0 Å². The van der Waals surface area contributed by atoms with E-state index >= 15 is 0 Å². The van der Waals surface area contributed by atoms with Crippen LogP contribution in [0.2, 0.25) is 0 Å². The van der Waals surface area contributed by atoms with E-state index in [1.807, 2.05) is 28.8 Å². The Kier molecular flexibility index (Phi) is 2.41. The zero-order valence-corrected chi connectivity index (χ0v) is 9.80. The molecule has 0 saturated heterocycles. The van der Waals surface area contributed by atoms with Crippen molar-refractivity contribution < 1.29 is 0 Å². The van der Waals surface area contributed by atoms with Gasteiger partial charge < -0.3 is 4.40 Å². The third-order valence-electron chi connectivity index (χ3n) is 3.02. The Hall–Kier alpha value is -2.09. The number of aryl methyl sites for hydroxylation is 1. The SMILES string of the molecule is CCc1ccc(-c2cn3ccccc3n2)cc1. The van der Waals surface area contributed by atoms with Crippen LogP contribution in [-0.2, 0) is 6.42 Å². The lowest BCUT2D eigenvalue weighted by molar-refractivity contribution is 1.14. The van der Waals surface area contributed by atoms with E-state index in [2.05, 4.69) is 42.4 Å². The van der Waals surface area contributed by atoms with Crippen LogP contribution >= 0.6 is 0 Å². The first-order chi connectivity index (χ1) is 8.36. The molecule has 3 rings (SSSR count). The summed E-state index contributed by atoms with van der Waals surface area (Å²) in [6.07, 6.45) is 5.16. The second-order valence-corrected chi connectivity index (χ2v) is 4.14. The van der Waals surface area contributed by atoms with Crippen LogP contribution in [0.25, 0.3) is 16.9 Å². The van der Waals surface area contributed by atoms with E-state index in [9.17, 15) is 0 Å². The van der Waals surface area contributed by atoms with Gasteiger partial charge in [0.05, 0.1) is 5.69 Å². The van der Waals surface area contributed by atoms with E-state index in [4.69, 9.17) is 0 Å². The van der Waals surface area contributed by atoms with Crippen LogP contribution in [0.4, 0.5) is 0 Å². The van der Waals surface area contributed by atoms with Crippen LogP contribution in [0.3, 0.4) is 0 Å². The Labute approximate surface area is 101 Å². The maximum absolute atomic E-state index is 4.60. The van der Waals surface area contributed by atoms with Crippen molar-refractivity contribution in [2.24, 2.45) is 0 Å². The van der Waals surface area contributed by atoms with Crippen LogP contribution in [-0.4, -0.2) is 9.38 Å². The maximum atomic E-state index is 4.60. The molecule has 1 aromatic carbocycles. The molecule has 0 fully saturated rings. The second kappa shape index (κ2) is 4.06. The van der Waals surface area contributed by atoms with Gasteiger partial charge in [0.15, 0.2) is 0 Å². The normalized spacial score (nSPS) is 10.9. The lowest BCUT2D eigenvalue weighted by Crippen LogP contribution is -1.81. The van der Waals surface area contributed by atoms with Crippen molar-refractivity contribution in [1.82, 2.24) is 9.38 Å². The van der Waals surface area contributed by atoms with Gasteiger partial charge in [-0.05, 0) is 24.1 Å². The van der Waals surface area contributed by atoms with Gasteiger partial charge in [0, 0.05) is 18.0 Å². The molecule has 2 nitrogen and oxygen atoms in total. The highest BCUT2D eigenvalue weighted by Crippen LogP contribution is 2.19. The predicted octanol–water partition coefficient (Wildman–Crippen LogP) is 3.56. The summed E-state index contributed by atoms with van der Waals surface area (Å²) in [7, 11) is 0. The summed E-state index contributed by atoms with van der Waals surface area (Å²) in [4.78, 5) is 4.60. The Morgan fingerprint density at radius 1 is 1.06 bits per heavy atom. The molecule has 3 aromatic rings. The lowest BCUT2D eigenvalue weighted by Gasteiger charge is -1.98. The van der Waals surface area contributed by atoms with Crippen LogP contribution in [0.1, 0.15) is 12.5 Å². The van der Waals surface area contributed by atoms with Crippen molar-refractivity contribution in [3.8, 4) is 11.3 Å². The third kappa shape index (κ3) is 1.82. The first-order valence-corrected chi connectivity index (χ1v) is 5.90. The van der Waals surface area contributed by atoms with Crippen LogP contribution in [0, 0.1) is 0 Å². The summed E-state index contributed by atoms with van der Waals surface area (Å²) < 4.78 is 2.04. The molecule has 0 bridgehead atoms. The molecule has 0 aliphatic heterocycles. The average Bonchev–Trinajstić information content (AvgIpc) is 2.82. The summed E-state index contributed by atoms with van der Waals surface area (Å²) in [6, 6.07) is 14.6. The molecule has 0 atom stereocenters. The number of fused-ring (bicyclic) bond motifs is 1. The fraction of sp³-hybridized carbons (Fsp3) is 0.133. The number of nitrogens with zero attached hydrogens (tertiary/aromatic N) is 2. The van der Waals surface area contributed by atoms with Gasteiger partial charge in [-0.15, -0.1) is 0 Å². The van der Waals surface area contributed by atoms with Crippen molar-refractivity contribution >= 4 is 5.65 Å². The lowest BCUT2D eigenvalue weighted by atomic mass is 10.1. The van der Waals surface area contributed by atoms with Gasteiger partial charge >= 0.3 is 0 Å². The molecule has 2 heterocycles. The van der Waals surface area contributed by atoms with Crippen molar-refractivity contribution in [1.29, 1.82) is 0 Å². The van der Waals surface area contributed by atoms with E-state index in [1.165, 1.54) is 11.1 Å². The minimum Gasteiger partial charge on any atom is -0.306 e. The topological polar surface area (TPSA) is 17.3 Å². The molecule has 0 aliphatic rings. The number of hydrogen-bond donors (Lipinski definition) is 0. The molecular weight excluding hydrogens is 208 g/mol. The maximum Gasteiger partial charge on any atom is 0.137 e. The third-order valence-corrected chi connectivity index (χ3v) is 3.02. The van der Waals surface area contributed by atoms with Gasteiger partial charge in [-0.25, -0.2) is 4.98 Å². The van der Waals surface area contributed by atoms with Crippen molar-refractivity contribution in [2.45, 2.75) is 13.3 Å². The standard InChI is InChI=1S/C15H14N2/c1-2-12-6-8-13(9-7-12)14-11-17-10-4-3-5-15(17)16-14/h3-11H,2H2,1H3. The van der Waals surface area contributed by atoms with Crippen molar-refractivity contribution in [2.75, 3.05) is 0 Å². The fourth-order valence-corrected chi connectivity index (χ4v) is 1.98.